The maximum absolute atomic E-state index is 5.82. The molecule has 1 aliphatic carbocycles. The number of nitrogens with two attached hydrogens (primary N) is 1. The van der Waals surface area contributed by atoms with Gasteiger partial charge in [0.05, 0.1) is 0 Å². The lowest BCUT2D eigenvalue weighted by Crippen LogP contribution is -2.31. The normalized spacial score (nSPS) is 17.2. The van der Waals surface area contributed by atoms with E-state index in [-0.39, 0.29) is 0 Å². The number of aryl methyl sites for hydroxylation is 2. The van der Waals surface area contributed by atoms with Crippen LogP contribution in [0.3, 0.4) is 0 Å². The minimum atomic E-state index is 0.410. The Bertz CT molecular complexity index is 380. The molecule has 0 saturated heterocycles. The van der Waals surface area contributed by atoms with Crippen LogP contribution in [0.15, 0.2) is 18.2 Å². The number of rotatable bonds is 4. The van der Waals surface area contributed by atoms with E-state index in [1.54, 1.807) is 0 Å². The van der Waals surface area contributed by atoms with Gasteiger partial charge in [-0.15, -0.1) is 0 Å². The van der Waals surface area contributed by atoms with Crippen molar-refractivity contribution in [2.75, 3.05) is 25.0 Å². The third-order valence-corrected chi connectivity index (χ3v) is 3.89. The van der Waals surface area contributed by atoms with Gasteiger partial charge in [0.15, 0.2) is 0 Å². The Hall–Kier alpha value is -1.02. The highest BCUT2D eigenvalue weighted by atomic mass is 15.1. The van der Waals surface area contributed by atoms with Gasteiger partial charge in [-0.3, -0.25) is 0 Å². The van der Waals surface area contributed by atoms with E-state index in [9.17, 15) is 0 Å². The van der Waals surface area contributed by atoms with Gasteiger partial charge in [0.25, 0.3) is 0 Å². The van der Waals surface area contributed by atoms with Crippen molar-refractivity contribution in [1.29, 1.82) is 0 Å². The first-order chi connectivity index (χ1) is 7.56. The Kier molecular flexibility index (Phi) is 2.94. The monoisotopic (exact) mass is 218 g/mol. The quantitative estimate of drug-likeness (QED) is 0.841. The molecular formula is C14H22N2. The molecule has 2 nitrogen and oxygen atoms in total. The number of hydrogen-bond donors (Lipinski definition) is 1. The van der Waals surface area contributed by atoms with Crippen LogP contribution >= 0.6 is 0 Å². The maximum Gasteiger partial charge on any atom is 0.0366 e. The van der Waals surface area contributed by atoms with E-state index in [1.807, 2.05) is 0 Å². The average molecular weight is 218 g/mol. The molecule has 0 amide bonds. The number of benzene rings is 1. The molecule has 1 aliphatic rings. The number of anilines is 1. The lowest BCUT2D eigenvalue weighted by atomic mass is 10.1. The van der Waals surface area contributed by atoms with Gasteiger partial charge in [0.1, 0.15) is 0 Å². The largest absolute Gasteiger partial charge is 0.374 e. The lowest BCUT2D eigenvalue weighted by molar-refractivity contribution is 0.523. The van der Waals surface area contributed by atoms with E-state index in [0.717, 1.165) is 13.1 Å². The Morgan fingerprint density at radius 3 is 2.44 bits per heavy atom. The second kappa shape index (κ2) is 4.10. The summed E-state index contributed by atoms with van der Waals surface area (Å²) in [5, 5.41) is 0. The van der Waals surface area contributed by atoms with Crippen LogP contribution in [0, 0.1) is 19.3 Å². The van der Waals surface area contributed by atoms with E-state index in [4.69, 9.17) is 5.73 Å². The highest BCUT2D eigenvalue weighted by Gasteiger charge is 2.42. The van der Waals surface area contributed by atoms with Gasteiger partial charge in [0, 0.05) is 24.7 Å². The van der Waals surface area contributed by atoms with E-state index in [0.29, 0.717) is 5.41 Å². The molecule has 1 aromatic rings. The number of nitrogens with zero attached hydrogens (tertiary/aromatic N) is 1. The molecular weight excluding hydrogens is 196 g/mol. The summed E-state index contributed by atoms with van der Waals surface area (Å²) in [7, 11) is 2.17. The zero-order chi connectivity index (χ0) is 11.8. The molecule has 0 radical (unpaired) electrons. The predicted molar refractivity (Wildman–Crippen MR) is 69.9 cm³/mol. The molecule has 1 aromatic carbocycles. The van der Waals surface area contributed by atoms with Crippen LogP contribution in [0.1, 0.15) is 24.0 Å². The molecule has 0 heterocycles. The summed E-state index contributed by atoms with van der Waals surface area (Å²) in [5.41, 5.74) is 10.3. The van der Waals surface area contributed by atoms with Gasteiger partial charge < -0.3 is 10.6 Å². The summed E-state index contributed by atoms with van der Waals surface area (Å²) in [5.74, 6) is 0. The minimum absolute atomic E-state index is 0.410. The Morgan fingerprint density at radius 2 is 1.94 bits per heavy atom. The fourth-order valence-electron chi connectivity index (χ4n) is 2.16. The highest BCUT2D eigenvalue weighted by Crippen LogP contribution is 2.45. The van der Waals surface area contributed by atoms with Crippen LogP contribution < -0.4 is 10.6 Å². The second-order valence-corrected chi connectivity index (χ2v) is 5.33. The molecule has 2 rings (SSSR count). The summed E-state index contributed by atoms with van der Waals surface area (Å²) in [6.45, 7) is 6.23. The molecule has 0 aliphatic heterocycles. The second-order valence-electron chi connectivity index (χ2n) is 5.33. The molecule has 1 fully saturated rings. The van der Waals surface area contributed by atoms with Crippen molar-refractivity contribution in [2.45, 2.75) is 26.7 Å². The Morgan fingerprint density at radius 1 is 1.25 bits per heavy atom. The van der Waals surface area contributed by atoms with Crippen molar-refractivity contribution in [2.24, 2.45) is 11.1 Å². The van der Waals surface area contributed by atoms with E-state index in [1.165, 1.54) is 29.7 Å². The fourth-order valence-corrected chi connectivity index (χ4v) is 2.16. The molecule has 0 bridgehead atoms. The van der Waals surface area contributed by atoms with Crippen LogP contribution in [-0.2, 0) is 0 Å². The summed E-state index contributed by atoms with van der Waals surface area (Å²) in [6.07, 6.45) is 2.58. The first-order valence-corrected chi connectivity index (χ1v) is 6.05. The third-order valence-electron chi connectivity index (χ3n) is 3.89. The van der Waals surface area contributed by atoms with Crippen molar-refractivity contribution in [1.82, 2.24) is 0 Å². The van der Waals surface area contributed by atoms with Crippen LogP contribution in [0.25, 0.3) is 0 Å². The van der Waals surface area contributed by atoms with Crippen molar-refractivity contribution in [3.63, 3.8) is 0 Å². The molecule has 2 heteroatoms. The SMILES string of the molecule is Cc1ccc(N(C)CC2(CN)CC2)cc1C. The van der Waals surface area contributed by atoms with E-state index < -0.39 is 0 Å². The van der Waals surface area contributed by atoms with Gasteiger partial charge in [-0.25, -0.2) is 0 Å². The average Bonchev–Trinajstić information content (AvgIpc) is 3.02. The van der Waals surface area contributed by atoms with Crippen molar-refractivity contribution >= 4 is 5.69 Å². The fraction of sp³-hybridized carbons (Fsp3) is 0.571. The Labute approximate surface area is 98.4 Å². The van der Waals surface area contributed by atoms with Crippen LogP contribution in [0.4, 0.5) is 5.69 Å². The topological polar surface area (TPSA) is 29.3 Å². The summed E-state index contributed by atoms with van der Waals surface area (Å²) >= 11 is 0. The van der Waals surface area contributed by atoms with Crippen LogP contribution in [0.5, 0.6) is 0 Å². The molecule has 2 N–H and O–H groups in total. The molecule has 0 atom stereocenters. The summed E-state index contributed by atoms with van der Waals surface area (Å²) < 4.78 is 0. The number of hydrogen-bond acceptors (Lipinski definition) is 2. The van der Waals surface area contributed by atoms with Crippen LogP contribution in [-0.4, -0.2) is 20.1 Å². The predicted octanol–water partition coefficient (Wildman–Crippen LogP) is 2.48. The Balaban J connectivity index is 2.09. The van der Waals surface area contributed by atoms with Gasteiger partial charge in [-0.1, -0.05) is 6.07 Å². The molecule has 0 spiro atoms. The first kappa shape index (κ1) is 11.5. The zero-order valence-electron chi connectivity index (χ0n) is 10.6. The standard InChI is InChI=1S/C14H22N2/c1-11-4-5-13(8-12(11)2)16(3)10-14(9-15)6-7-14/h4-5,8H,6-7,9-10,15H2,1-3H3. The molecule has 0 unspecified atom stereocenters. The van der Waals surface area contributed by atoms with Gasteiger partial charge >= 0.3 is 0 Å². The van der Waals surface area contributed by atoms with Crippen molar-refractivity contribution < 1.29 is 0 Å². The molecule has 88 valence electrons. The van der Waals surface area contributed by atoms with Gasteiger partial charge in [-0.05, 0) is 56.5 Å². The zero-order valence-corrected chi connectivity index (χ0v) is 10.6. The summed E-state index contributed by atoms with van der Waals surface area (Å²) in [6, 6.07) is 6.67. The van der Waals surface area contributed by atoms with E-state index in [2.05, 4.69) is 44.0 Å². The van der Waals surface area contributed by atoms with Crippen molar-refractivity contribution in [3.05, 3.63) is 29.3 Å². The highest BCUT2D eigenvalue weighted by molar-refractivity contribution is 5.50. The maximum atomic E-state index is 5.82. The van der Waals surface area contributed by atoms with Crippen LogP contribution in [0.2, 0.25) is 0 Å². The lowest BCUT2D eigenvalue weighted by Gasteiger charge is -2.25. The van der Waals surface area contributed by atoms with Gasteiger partial charge in [-0.2, -0.15) is 0 Å². The molecule has 0 aromatic heterocycles. The van der Waals surface area contributed by atoms with Crippen molar-refractivity contribution in [3.8, 4) is 0 Å². The van der Waals surface area contributed by atoms with Gasteiger partial charge in [0.2, 0.25) is 0 Å². The third kappa shape index (κ3) is 2.22. The molecule has 16 heavy (non-hydrogen) atoms. The first-order valence-electron chi connectivity index (χ1n) is 6.05. The minimum Gasteiger partial charge on any atom is -0.374 e. The molecule has 1 saturated carbocycles. The smallest absolute Gasteiger partial charge is 0.0366 e. The summed E-state index contributed by atoms with van der Waals surface area (Å²) in [4.78, 5) is 2.34. The van der Waals surface area contributed by atoms with E-state index >= 15 is 0 Å².